The zero-order valence-electron chi connectivity index (χ0n) is 16.4. The molecule has 0 bridgehead atoms. The molecule has 10 heteroatoms. The summed E-state index contributed by atoms with van der Waals surface area (Å²) in [6, 6.07) is 4.72. The molecule has 28 heavy (non-hydrogen) atoms. The number of hydrogen-bond donors (Lipinski definition) is 2. The van der Waals surface area contributed by atoms with Crippen LogP contribution in [0.3, 0.4) is 0 Å². The van der Waals surface area contributed by atoms with Crippen LogP contribution >= 0.6 is 27.3 Å². The molecule has 0 saturated heterocycles. The molecule has 2 N–H and O–H groups in total. The summed E-state index contributed by atoms with van der Waals surface area (Å²) in [5, 5.41) is 7.01. The van der Waals surface area contributed by atoms with E-state index in [0.717, 1.165) is 0 Å². The molecule has 0 saturated carbocycles. The van der Waals surface area contributed by atoms with E-state index >= 15 is 0 Å². The minimum Gasteiger partial charge on any atom is -0.444 e. The summed E-state index contributed by atoms with van der Waals surface area (Å²) >= 11 is 4.61. The molecule has 0 atom stereocenters. The number of anilines is 2. The maximum Gasteiger partial charge on any atom is 0.410 e. The normalized spacial score (nSPS) is 11.2. The summed E-state index contributed by atoms with van der Waals surface area (Å²) in [5.74, 6) is 0.818. The minimum atomic E-state index is -0.580. The lowest BCUT2D eigenvalue weighted by molar-refractivity contribution is 0.0169. The van der Waals surface area contributed by atoms with Gasteiger partial charge in [-0.2, -0.15) is 0 Å². The summed E-state index contributed by atoms with van der Waals surface area (Å²) in [7, 11) is 0. The van der Waals surface area contributed by atoms with Crippen LogP contribution in [0.1, 0.15) is 40.3 Å². The summed E-state index contributed by atoms with van der Waals surface area (Å²) in [6.45, 7) is 9.56. The van der Waals surface area contributed by atoms with Crippen LogP contribution in [0.2, 0.25) is 0 Å². The van der Waals surface area contributed by atoms with Gasteiger partial charge in [0.25, 0.3) is 0 Å². The van der Waals surface area contributed by atoms with Gasteiger partial charge in [-0.3, -0.25) is 15.5 Å². The van der Waals surface area contributed by atoms with Crippen LogP contribution in [0.15, 0.2) is 27.5 Å². The van der Waals surface area contributed by atoms with E-state index < -0.39 is 17.7 Å². The highest BCUT2D eigenvalue weighted by Gasteiger charge is 2.24. The van der Waals surface area contributed by atoms with E-state index in [1.165, 1.54) is 11.3 Å². The van der Waals surface area contributed by atoms with E-state index in [1.807, 2.05) is 34.6 Å². The quantitative estimate of drug-likeness (QED) is 0.635. The number of pyridine rings is 1. The van der Waals surface area contributed by atoms with Gasteiger partial charge in [0.1, 0.15) is 17.2 Å². The lowest BCUT2D eigenvalue weighted by Gasteiger charge is -2.30. The molecule has 0 unspecified atom stereocenters. The maximum atomic E-state index is 12.5. The number of carbonyl (C=O) groups is 2. The zero-order chi connectivity index (χ0) is 20.9. The number of ether oxygens (including phenoxy) is 1. The van der Waals surface area contributed by atoms with Gasteiger partial charge in [0.2, 0.25) is 0 Å². The number of nitrogens with one attached hydrogen (secondary N) is 2. The molecule has 2 aromatic rings. The van der Waals surface area contributed by atoms with E-state index in [-0.39, 0.29) is 12.6 Å². The molecule has 2 heterocycles. The van der Waals surface area contributed by atoms with E-state index in [4.69, 9.17) is 4.74 Å². The molecule has 0 radical (unpaired) electrons. The van der Waals surface area contributed by atoms with Crippen molar-refractivity contribution in [1.29, 1.82) is 0 Å². The van der Waals surface area contributed by atoms with Crippen LogP contribution in [-0.4, -0.2) is 38.6 Å². The Morgan fingerprint density at radius 3 is 2.46 bits per heavy atom. The van der Waals surface area contributed by atoms with Crippen LogP contribution in [-0.2, 0) is 11.3 Å². The second-order valence-electron chi connectivity index (χ2n) is 7.28. The Labute approximate surface area is 176 Å². The maximum absolute atomic E-state index is 12.5. The Morgan fingerprint density at radius 2 is 1.89 bits per heavy atom. The third kappa shape index (κ3) is 7.08. The number of amides is 3. The first-order valence-corrected chi connectivity index (χ1v) is 10.4. The van der Waals surface area contributed by atoms with Crippen molar-refractivity contribution in [3.8, 4) is 0 Å². The highest BCUT2D eigenvalue weighted by molar-refractivity contribution is 9.11. The van der Waals surface area contributed by atoms with Crippen molar-refractivity contribution in [2.45, 2.75) is 52.8 Å². The van der Waals surface area contributed by atoms with Crippen molar-refractivity contribution in [2.75, 3.05) is 10.6 Å². The summed E-state index contributed by atoms with van der Waals surface area (Å²) < 4.78 is 6.15. The van der Waals surface area contributed by atoms with E-state index in [2.05, 4.69) is 36.5 Å². The van der Waals surface area contributed by atoms with Crippen molar-refractivity contribution in [3.05, 3.63) is 33.2 Å². The lowest BCUT2D eigenvalue weighted by Crippen LogP contribution is -2.40. The summed E-state index contributed by atoms with van der Waals surface area (Å²) in [6.07, 6.45) is -0.408. The van der Waals surface area contributed by atoms with E-state index in [0.29, 0.717) is 21.2 Å². The molecule has 0 fully saturated rings. The molecule has 3 amide bonds. The fraction of sp³-hybridized carbons (Fsp3) is 0.444. The Balaban J connectivity index is 2.04. The van der Waals surface area contributed by atoms with Crippen LogP contribution < -0.4 is 10.6 Å². The molecule has 2 aromatic heterocycles. The van der Waals surface area contributed by atoms with Crippen molar-refractivity contribution in [1.82, 2.24) is 14.9 Å². The predicted molar refractivity (Wildman–Crippen MR) is 114 cm³/mol. The number of rotatable bonds is 5. The SMILES string of the molecule is CC(C)N(Cc1cccc(NC(=O)Nc2csc(Br)n2)n1)C(=O)OC(C)(C)C. The number of carbonyl (C=O) groups excluding carboxylic acids is 2. The first-order valence-electron chi connectivity index (χ1n) is 8.68. The number of nitrogens with zero attached hydrogens (tertiary/aromatic N) is 3. The van der Waals surface area contributed by atoms with Crippen LogP contribution in [0.25, 0.3) is 0 Å². The predicted octanol–water partition coefficient (Wildman–Crippen LogP) is 5.09. The Morgan fingerprint density at radius 1 is 1.21 bits per heavy atom. The van der Waals surface area contributed by atoms with E-state index in [9.17, 15) is 9.59 Å². The molecule has 0 aliphatic heterocycles. The van der Waals surface area contributed by atoms with Gasteiger partial charge in [0.15, 0.2) is 3.92 Å². The van der Waals surface area contributed by atoms with Gasteiger partial charge in [0, 0.05) is 11.4 Å². The second kappa shape index (κ2) is 9.33. The van der Waals surface area contributed by atoms with Gasteiger partial charge in [-0.05, 0) is 62.7 Å². The van der Waals surface area contributed by atoms with Crippen LogP contribution in [0.5, 0.6) is 0 Å². The van der Waals surface area contributed by atoms with E-state index in [1.54, 1.807) is 28.5 Å². The standard InChI is InChI=1S/C18H24BrN5O3S/c1-11(2)24(17(26)27-18(3,4)5)9-12-7-6-8-13(20-12)22-16(25)23-14-10-28-15(19)21-14/h6-8,10-11H,9H2,1-5H3,(H2,20,22,23,25). The molecular formula is C18H24BrN5O3S. The van der Waals surface area contributed by atoms with Gasteiger partial charge in [-0.15, -0.1) is 11.3 Å². The molecule has 152 valence electrons. The highest BCUT2D eigenvalue weighted by Crippen LogP contribution is 2.19. The van der Waals surface area contributed by atoms with Crippen LogP contribution in [0.4, 0.5) is 21.2 Å². The molecule has 0 aliphatic rings. The monoisotopic (exact) mass is 469 g/mol. The summed E-state index contributed by atoms with van der Waals surface area (Å²) in [4.78, 5) is 34.7. The van der Waals surface area contributed by atoms with Crippen molar-refractivity contribution in [2.24, 2.45) is 0 Å². The molecule has 8 nitrogen and oxygen atoms in total. The Hall–Kier alpha value is -2.20. The molecule has 0 aromatic carbocycles. The number of urea groups is 1. The number of hydrogen-bond acceptors (Lipinski definition) is 6. The molecule has 2 rings (SSSR count). The van der Waals surface area contributed by atoms with Gasteiger partial charge in [-0.1, -0.05) is 6.07 Å². The molecule has 0 spiro atoms. The smallest absolute Gasteiger partial charge is 0.410 e. The topological polar surface area (TPSA) is 96.5 Å². The first kappa shape index (κ1) is 22.1. The molecular weight excluding hydrogens is 446 g/mol. The van der Waals surface area contributed by atoms with Crippen LogP contribution in [0, 0.1) is 0 Å². The van der Waals surface area contributed by atoms with Gasteiger partial charge in [0.05, 0.1) is 12.2 Å². The Kier molecular flexibility index (Phi) is 7.36. The number of thiazole rings is 1. The average molecular weight is 470 g/mol. The van der Waals surface area contributed by atoms with Gasteiger partial charge < -0.3 is 4.74 Å². The highest BCUT2D eigenvalue weighted by atomic mass is 79.9. The molecule has 0 aliphatic carbocycles. The minimum absolute atomic E-state index is 0.0697. The van der Waals surface area contributed by atoms with Gasteiger partial charge in [-0.25, -0.2) is 19.6 Å². The Bertz CT molecular complexity index is 835. The lowest BCUT2D eigenvalue weighted by atomic mass is 10.2. The van der Waals surface area contributed by atoms with Crippen molar-refractivity contribution >= 4 is 51.0 Å². The third-order valence-corrected chi connectivity index (χ3v) is 4.71. The fourth-order valence-corrected chi connectivity index (χ4v) is 3.11. The zero-order valence-corrected chi connectivity index (χ0v) is 18.8. The van der Waals surface area contributed by atoms with Crippen molar-refractivity contribution < 1.29 is 14.3 Å². The first-order chi connectivity index (χ1) is 13.0. The third-order valence-electron chi connectivity index (χ3n) is 3.35. The number of aromatic nitrogens is 2. The largest absolute Gasteiger partial charge is 0.444 e. The van der Waals surface area contributed by atoms with Gasteiger partial charge >= 0.3 is 12.1 Å². The van der Waals surface area contributed by atoms with Crippen molar-refractivity contribution in [3.63, 3.8) is 0 Å². The average Bonchev–Trinajstić information content (AvgIpc) is 2.95. The summed E-state index contributed by atoms with van der Waals surface area (Å²) in [5.41, 5.74) is 0.0536. The number of halogens is 1. The second-order valence-corrected chi connectivity index (χ2v) is 9.42. The fourth-order valence-electron chi connectivity index (χ4n) is 2.16.